The van der Waals surface area contributed by atoms with E-state index < -0.39 is 0 Å². The van der Waals surface area contributed by atoms with E-state index in [2.05, 4.69) is 86.3 Å². The Morgan fingerprint density at radius 3 is 2.33 bits per heavy atom. The highest BCUT2D eigenvalue weighted by atomic mass is 16.5. The fourth-order valence-electron chi connectivity index (χ4n) is 3.66. The lowest BCUT2D eigenvalue weighted by atomic mass is 9.94. The third-order valence-corrected chi connectivity index (χ3v) is 5.12. The molecule has 0 amide bonds. The fourth-order valence-corrected chi connectivity index (χ4v) is 3.66. The summed E-state index contributed by atoms with van der Waals surface area (Å²) in [4.78, 5) is 0. The molecule has 0 bridgehead atoms. The summed E-state index contributed by atoms with van der Waals surface area (Å²) in [5.74, 6) is 0.955. The number of aromatic nitrogens is 1. The molecule has 1 aromatic heterocycles. The van der Waals surface area contributed by atoms with Gasteiger partial charge in [0.1, 0.15) is 12.3 Å². The molecular weight excluding hydrogens is 330 g/mol. The summed E-state index contributed by atoms with van der Waals surface area (Å²) >= 11 is 0. The largest absolute Gasteiger partial charge is 0.495 e. The minimum Gasteiger partial charge on any atom is -0.495 e. The molecule has 0 N–H and O–H groups in total. The lowest BCUT2D eigenvalue weighted by Crippen LogP contribution is -2.32. The summed E-state index contributed by atoms with van der Waals surface area (Å²) in [6.45, 7) is 7.53. The number of nitrogens with zero attached hydrogens (tertiary/aromatic N) is 1. The topological polar surface area (TPSA) is 13.1 Å². The molecule has 3 aromatic rings. The lowest BCUT2D eigenvalue weighted by molar-refractivity contribution is -0.692. The molecule has 0 unspecified atom stereocenters. The first-order valence-corrected chi connectivity index (χ1v) is 10.00. The quantitative estimate of drug-likeness (QED) is 0.482. The Hall–Kier alpha value is -2.61. The van der Waals surface area contributed by atoms with Gasteiger partial charge in [-0.25, -0.2) is 4.57 Å². The Bertz CT molecular complexity index is 914. The number of benzene rings is 2. The molecule has 0 spiro atoms. The number of rotatable bonds is 7. The second-order valence-corrected chi connectivity index (χ2v) is 6.91. The molecule has 0 aliphatic heterocycles. The van der Waals surface area contributed by atoms with Gasteiger partial charge in [0, 0.05) is 0 Å². The molecule has 0 radical (unpaired) electrons. The maximum Gasteiger partial charge on any atom is 0.180 e. The minimum atomic E-state index is 0.924. The molecule has 0 aliphatic carbocycles. The SMILES string of the molecule is CCCc1ccccc1-c1c[n+](CC)cc(-c2cccc(CC)c2)c1OC. The molecule has 0 saturated heterocycles. The molecule has 2 nitrogen and oxygen atoms in total. The van der Waals surface area contributed by atoms with E-state index in [1.165, 1.54) is 27.8 Å². The van der Waals surface area contributed by atoms with Crippen molar-refractivity contribution in [2.45, 2.75) is 46.6 Å². The van der Waals surface area contributed by atoms with E-state index >= 15 is 0 Å². The number of methoxy groups -OCH3 is 1. The van der Waals surface area contributed by atoms with E-state index in [4.69, 9.17) is 4.74 Å². The van der Waals surface area contributed by atoms with Crippen LogP contribution in [0.4, 0.5) is 0 Å². The van der Waals surface area contributed by atoms with Crippen molar-refractivity contribution in [1.82, 2.24) is 0 Å². The zero-order valence-corrected chi connectivity index (χ0v) is 17.0. The summed E-state index contributed by atoms with van der Waals surface area (Å²) in [6.07, 6.45) is 7.66. The van der Waals surface area contributed by atoms with E-state index in [1.54, 1.807) is 7.11 Å². The molecule has 3 rings (SSSR count). The van der Waals surface area contributed by atoms with E-state index in [0.29, 0.717) is 0 Å². The van der Waals surface area contributed by atoms with Gasteiger partial charge >= 0.3 is 0 Å². The first-order chi connectivity index (χ1) is 13.2. The number of hydrogen-bond acceptors (Lipinski definition) is 1. The number of hydrogen-bond donors (Lipinski definition) is 0. The van der Waals surface area contributed by atoms with Crippen molar-refractivity contribution in [3.8, 4) is 28.0 Å². The van der Waals surface area contributed by atoms with Crippen molar-refractivity contribution in [2.24, 2.45) is 0 Å². The predicted molar refractivity (Wildman–Crippen MR) is 113 cm³/mol. The van der Waals surface area contributed by atoms with Crippen LogP contribution in [0.5, 0.6) is 5.75 Å². The van der Waals surface area contributed by atoms with Gasteiger partial charge in [0.2, 0.25) is 0 Å². The molecular formula is C25H30NO+. The fraction of sp³-hybridized carbons (Fsp3) is 0.320. The maximum absolute atomic E-state index is 5.98. The molecule has 2 heteroatoms. The van der Waals surface area contributed by atoms with Crippen LogP contribution in [0.1, 0.15) is 38.3 Å². The Morgan fingerprint density at radius 1 is 0.852 bits per heavy atom. The number of aryl methyl sites for hydroxylation is 3. The van der Waals surface area contributed by atoms with Crippen LogP contribution in [0.3, 0.4) is 0 Å². The van der Waals surface area contributed by atoms with Gasteiger partial charge in [-0.3, -0.25) is 0 Å². The van der Waals surface area contributed by atoms with Gasteiger partial charge < -0.3 is 4.74 Å². The van der Waals surface area contributed by atoms with Gasteiger partial charge in [0.25, 0.3) is 0 Å². The summed E-state index contributed by atoms with van der Waals surface area (Å²) in [5.41, 5.74) is 7.52. The highest BCUT2D eigenvalue weighted by Gasteiger charge is 2.21. The number of pyridine rings is 1. The summed E-state index contributed by atoms with van der Waals surface area (Å²) < 4.78 is 8.24. The second kappa shape index (κ2) is 8.85. The van der Waals surface area contributed by atoms with Gasteiger partial charge in [-0.1, -0.05) is 68.8 Å². The Morgan fingerprint density at radius 2 is 1.63 bits per heavy atom. The van der Waals surface area contributed by atoms with Gasteiger partial charge in [-0.2, -0.15) is 0 Å². The summed E-state index contributed by atoms with van der Waals surface area (Å²) in [5, 5.41) is 0. The van der Waals surface area contributed by atoms with Crippen molar-refractivity contribution < 1.29 is 9.30 Å². The molecule has 2 aromatic carbocycles. The second-order valence-electron chi connectivity index (χ2n) is 6.91. The average molecular weight is 361 g/mol. The summed E-state index contributed by atoms with van der Waals surface area (Å²) in [7, 11) is 1.78. The van der Waals surface area contributed by atoms with Gasteiger partial charge in [0.15, 0.2) is 12.4 Å². The van der Waals surface area contributed by atoms with Crippen molar-refractivity contribution in [2.75, 3.05) is 7.11 Å². The molecule has 0 saturated carbocycles. The molecule has 27 heavy (non-hydrogen) atoms. The third-order valence-electron chi connectivity index (χ3n) is 5.12. The first kappa shape index (κ1) is 19.2. The minimum absolute atomic E-state index is 0.924. The Labute approximate surface area is 163 Å². The van der Waals surface area contributed by atoms with Crippen LogP contribution in [-0.4, -0.2) is 7.11 Å². The van der Waals surface area contributed by atoms with E-state index in [0.717, 1.165) is 37.1 Å². The van der Waals surface area contributed by atoms with Crippen molar-refractivity contribution in [3.63, 3.8) is 0 Å². The van der Waals surface area contributed by atoms with Crippen LogP contribution in [0.2, 0.25) is 0 Å². The first-order valence-electron chi connectivity index (χ1n) is 10.00. The van der Waals surface area contributed by atoms with Gasteiger partial charge in [-0.05, 0) is 42.0 Å². The normalized spacial score (nSPS) is 10.8. The van der Waals surface area contributed by atoms with Crippen LogP contribution in [0, 0.1) is 0 Å². The van der Waals surface area contributed by atoms with Crippen molar-refractivity contribution in [1.29, 1.82) is 0 Å². The molecule has 0 aliphatic rings. The van der Waals surface area contributed by atoms with Crippen LogP contribution >= 0.6 is 0 Å². The highest BCUT2D eigenvalue weighted by Crippen LogP contribution is 2.39. The van der Waals surface area contributed by atoms with Crippen LogP contribution in [0.15, 0.2) is 60.9 Å². The number of ether oxygens (including phenoxy) is 1. The molecule has 0 fully saturated rings. The van der Waals surface area contributed by atoms with Crippen LogP contribution in [-0.2, 0) is 19.4 Å². The van der Waals surface area contributed by atoms with Crippen LogP contribution < -0.4 is 9.30 Å². The predicted octanol–water partition coefficient (Wildman–Crippen LogP) is 5.85. The van der Waals surface area contributed by atoms with Crippen LogP contribution in [0.25, 0.3) is 22.3 Å². The zero-order chi connectivity index (χ0) is 19.2. The third kappa shape index (κ3) is 4.05. The maximum atomic E-state index is 5.98. The van der Waals surface area contributed by atoms with Crippen molar-refractivity contribution in [3.05, 3.63) is 72.1 Å². The standard InChI is InChI=1S/C25H30NO/c1-5-11-20-13-8-9-15-22(20)24-18-26(7-3)17-23(25(24)27-4)21-14-10-12-19(6-2)16-21/h8-10,12-18H,5-7,11H2,1-4H3/q+1. The molecule has 1 heterocycles. The van der Waals surface area contributed by atoms with E-state index in [1.807, 2.05) is 0 Å². The van der Waals surface area contributed by atoms with E-state index in [9.17, 15) is 0 Å². The van der Waals surface area contributed by atoms with Crippen molar-refractivity contribution >= 4 is 0 Å². The Kier molecular flexibility index (Phi) is 6.28. The van der Waals surface area contributed by atoms with E-state index in [-0.39, 0.29) is 0 Å². The lowest BCUT2D eigenvalue weighted by Gasteiger charge is -2.15. The monoisotopic (exact) mass is 360 g/mol. The summed E-state index contributed by atoms with van der Waals surface area (Å²) in [6, 6.07) is 17.5. The Balaban J connectivity index is 2.26. The zero-order valence-electron chi connectivity index (χ0n) is 17.0. The average Bonchev–Trinajstić information content (AvgIpc) is 2.73. The van der Waals surface area contributed by atoms with Gasteiger partial charge in [-0.15, -0.1) is 0 Å². The highest BCUT2D eigenvalue weighted by molar-refractivity contribution is 5.82. The van der Waals surface area contributed by atoms with Gasteiger partial charge in [0.05, 0.1) is 18.2 Å². The molecule has 140 valence electrons. The smallest absolute Gasteiger partial charge is 0.180 e. The molecule has 0 atom stereocenters.